The summed E-state index contributed by atoms with van der Waals surface area (Å²) in [6.45, 7) is 3.84. The molecule has 0 saturated heterocycles. The Labute approximate surface area is 87.9 Å². The molecule has 2 aromatic rings. The summed E-state index contributed by atoms with van der Waals surface area (Å²) in [4.78, 5) is 14.5. The van der Waals surface area contributed by atoms with Crippen LogP contribution in [0.1, 0.15) is 24.1 Å². The lowest BCUT2D eigenvalue weighted by molar-refractivity contribution is 0.804. The Bertz CT molecular complexity index is 555. The van der Waals surface area contributed by atoms with Crippen LogP contribution < -0.4 is 11.3 Å². The first kappa shape index (κ1) is 9.93. The van der Waals surface area contributed by atoms with Crippen molar-refractivity contribution < 1.29 is 0 Å². The fourth-order valence-corrected chi connectivity index (χ4v) is 1.68. The Kier molecular flexibility index (Phi) is 2.32. The number of nitrogens with two attached hydrogens (primary N) is 1. The predicted octanol–water partition coefficient (Wildman–Crippen LogP) is 1.86. The quantitative estimate of drug-likeness (QED) is 0.741. The van der Waals surface area contributed by atoms with E-state index in [1.807, 2.05) is 38.1 Å². The smallest absolute Gasteiger partial charge is 0.253 e. The zero-order valence-electron chi connectivity index (χ0n) is 8.87. The van der Waals surface area contributed by atoms with Crippen molar-refractivity contribution in [1.82, 2.24) is 4.98 Å². The zero-order valence-corrected chi connectivity index (χ0v) is 8.87. The summed E-state index contributed by atoms with van der Waals surface area (Å²) in [7, 11) is 0. The van der Waals surface area contributed by atoms with Crippen molar-refractivity contribution in [3.05, 3.63) is 45.7 Å². The van der Waals surface area contributed by atoms with Crippen LogP contribution in [-0.4, -0.2) is 4.98 Å². The van der Waals surface area contributed by atoms with Crippen LogP contribution >= 0.6 is 0 Å². The van der Waals surface area contributed by atoms with Crippen LogP contribution in [0.3, 0.4) is 0 Å². The van der Waals surface area contributed by atoms with Gasteiger partial charge < -0.3 is 10.7 Å². The lowest BCUT2D eigenvalue weighted by Crippen LogP contribution is -2.19. The molecule has 2 rings (SSSR count). The molecule has 3 heteroatoms. The second-order valence-electron chi connectivity index (χ2n) is 3.93. The van der Waals surface area contributed by atoms with E-state index in [-0.39, 0.29) is 11.6 Å². The summed E-state index contributed by atoms with van der Waals surface area (Å²) in [5.74, 6) is 0. The number of H-pyrrole nitrogens is 1. The Morgan fingerprint density at radius 1 is 1.33 bits per heavy atom. The summed E-state index contributed by atoms with van der Waals surface area (Å²) in [6, 6.07) is 7.56. The number of pyridine rings is 1. The minimum absolute atomic E-state index is 0.0960. The number of fused-ring (bicyclic) bond motifs is 1. The number of nitrogens with one attached hydrogen (secondary N) is 1. The van der Waals surface area contributed by atoms with Gasteiger partial charge in [-0.2, -0.15) is 0 Å². The predicted molar refractivity (Wildman–Crippen MR) is 61.9 cm³/mol. The van der Waals surface area contributed by atoms with Gasteiger partial charge in [0.15, 0.2) is 0 Å². The van der Waals surface area contributed by atoms with E-state index < -0.39 is 0 Å². The third-order valence-corrected chi connectivity index (χ3v) is 2.52. The number of aromatic nitrogens is 1. The molecule has 0 radical (unpaired) electrons. The summed E-state index contributed by atoms with van der Waals surface area (Å²) >= 11 is 0. The summed E-state index contributed by atoms with van der Waals surface area (Å²) in [5, 5.41) is 1.03. The maximum atomic E-state index is 11.6. The highest BCUT2D eigenvalue weighted by atomic mass is 16.1. The number of hydrogen-bond acceptors (Lipinski definition) is 2. The highest BCUT2D eigenvalue weighted by Crippen LogP contribution is 2.15. The standard InChI is InChI=1S/C12H14N2O/c1-7-3-4-11-9(5-7)6-10(8(2)13)12(15)14-11/h3-6,8H,13H2,1-2H3,(H,14,15)/t8-/m0/s1. The molecule has 3 N–H and O–H groups in total. The molecule has 0 bridgehead atoms. The Hall–Kier alpha value is -1.61. The van der Waals surface area contributed by atoms with Gasteiger partial charge in [0.2, 0.25) is 0 Å². The third-order valence-electron chi connectivity index (χ3n) is 2.52. The third kappa shape index (κ3) is 1.78. The summed E-state index contributed by atoms with van der Waals surface area (Å²) in [5.41, 5.74) is 8.29. The van der Waals surface area contributed by atoms with E-state index in [1.165, 1.54) is 5.56 Å². The summed E-state index contributed by atoms with van der Waals surface area (Å²) < 4.78 is 0. The van der Waals surface area contributed by atoms with Gasteiger partial charge in [0.25, 0.3) is 5.56 Å². The fourth-order valence-electron chi connectivity index (χ4n) is 1.68. The molecule has 0 unspecified atom stereocenters. The van der Waals surface area contributed by atoms with E-state index >= 15 is 0 Å². The van der Waals surface area contributed by atoms with E-state index in [4.69, 9.17) is 5.73 Å². The van der Waals surface area contributed by atoms with Gasteiger partial charge in [-0.1, -0.05) is 11.6 Å². The molecule has 0 aliphatic rings. The average molecular weight is 202 g/mol. The summed E-state index contributed by atoms with van der Waals surface area (Å²) in [6.07, 6.45) is 0. The van der Waals surface area contributed by atoms with Crippen LogP contribution in [-0.2, 0) is 0 Å². The molecule has 1 aromatic heterocycles. The van der Waals surface area contributed by atoms with E-state index in [0.717, 1.165) is 10.9 Å². The van der Waals surface area contributed by atoms with Gasteiger partial charge >= 0.3 is 0 Å². The van der Waals surface area contributed by atoms with Crippen molar-refractivity contribution in [3.63, 3.8) is 0 Å². The van der Waals surface area contributed by atoms with Gasteiger partial charge in [0, 0.05) is 17.1 Å². The van der Waals surface area contributed by atoms with Crippen LogP contribution in [0.5, 0.6) is 0 Å². The molecule has 0 aliphatic carbocycles. The molecule has 15 heavy (non-hydrogen) atoms. The van der Waals surface area contributed by atoms with Crippen molar-refractivity contribution in [2.24, 2.45) is 5.73 Å². The number of aromatic amines is 1. The number of benzene rings is 1. The zero-order chi connectivity index (χ0) is 11.0. The van der Waals surface area contributed by atoms with Crippen LogP contribution in [0.2, 0.25) is 0 Å². The van der Waals surface area contributed by atoms with Gasteiger partial charge in [-0.25, -0.2) is 0 Å². The van der Waals surface area contributed by atoms with Gasteiger partial charge in [-0.15, -0.1) is 0 Å². The first-order valence-electron chi connectivity index (χ1n) is 4.97. The largest absolute Gasteiger partial charge is 0.324 e. The number of rotatable bonds is 1. The molecule has 0 saturated carbocycles. The Morgan fingerprint density at radius 3 is 2.73 bits per heavy atom. The topological polar surface area (TPSA) is 58.9 Å². The minimum atomic E-state index is -0.237. The molecule has 1 heterocycles. The van der Waals surface area contributed by atoms with Gasteiger partial charge in [-0.05, 0) is 37.4 Å². The molecule has 78 valence electrons. The molecule has 3 nitrogen and oxygen atoms in total. The monoisotopic (exact) mass is 202 g/mol. The van der Waals surface area contributed by atoms with Crippen molar-refractivity contribution in [1.29, 1.82) is 0 Å². The van der Waals surface area contributed by atoms with Crippen molar-refractivity contribution in [3.8, 4) is 0 Å². The molecule has 1 aromatic carbocycles. The van der Waals surface area contributed by atoms with Crippen molar-refractivity contribution >= 4 is 10.9 Å². The molecule has 1 atom stereocenters. The molecule has 0 fully saturated rings. The van der Waals surface area contributed by atoms with Crippen molar-refractivity contribution in [2.75, 3.05) is 0 Å². The maximum absolute atomic E-state index is 11.6. The lowest BCUT2D eigenvalue weighted by atomic mass is 10.1. The van der Waals surface area contributed by atoms with Gasteiger partial charge in [0.05, 0.1) is 0 Å². The van der Waals surface area contributed by atoms with Gasteiger partial charge in [0.1, 0.15) is 0 Å². The molecule has 0 aliphatic heterocycles. The Balaban J connectivity index is 2.77. The van der Waals surface area contributed by atoms with Crippen molar-refractivity contribution in [2.45, 2.75) is 19.9 Å². The number of aryl methyl sites for hydroxylation is 1. The number of hydrogen-bond donors (Lipinski definition) is 2. The molecular weight excluding hydrogens is 188 g/mol. The highest BCUT2D eigenvalue weighted by Gasteiger charge is 2.06. The maximum Gasteiger partial charge on any atom is 0.253 e. The average Bonchev–Trinajstić information content (AvgIpc) is 2.17. The Morgan fingerprint density at radius 2 is 2.07 bits per heavy atom. The molecule has 0 amide bonds. The van der Waals surface area contributed by atoms with Crippen LogP contribution in [0, 0.1) is 6.92 Å². The minimum Gasteiger partial charge on any atom is -0.324 e. The highest BCUT2D eigenvalue weighted by molar-refractivity contribution is 5.79. The van der Waals surface area contributed by atoms with Crippen LogP contribution in [0.15, 0.2) is 29.1 Å². The van der Waals surface area contributed by atoms with E-state index in [2.05, 4.69) is 4.98 Å². The van der Waals surface area contributed by atoms with Crippen LogP contribution in [0.25, 0.3) is 10.9 Å². The second kappa shape index (κ2) is 3.51. The molecule has 0 spiro atoms. The fraction of sp³-hybridized carbons (Fsp3) is 0.250. The first-order chi connectivity index (χ1) is 7.08. The van der Waals surface area contributed by atoms with Gasteiger partial charge in [-0.3, -0.25) is 4.79 Å². The second-order valence-corrected chi connectivity index (χ2v) is 3.93. The normalized spacial score (nSPS) is 13.0. The van der Waals surface area contributed by atoms with E-state index in [1.54, 1.807) is 0 Å². The van der Waals surface area contributed by atoms with Crippen LogP contribution in [0.4, 0.5) is 0 Å². The SMILES string of the molecule is Cc1ccc2[nH]c(=O)c([C@H](C)N)cc2c1. The van der Waals surface area contributed by atoms with E-state index in [0.29, 0.717) is 5.56 Å². The molecular formula is C12H14N2O. The lowest BCUT2D eigenvalue weighted by Gasteiger charge is -2.06. The van der Waals surface area contributed by atoms with E-state index in [9.17, 15) is 4.79 Å². The first-order valence-corrected chi connectivity index (χ1v) is 4.97.